The van der Waals surface area contributed by atoms with Crippen LogP contribution in [-0.2, 0) is 55.8 Å². The Bertz CT molecular complexity index is 2480. The van der Waals surface area contributed by atoms with Crippen molar-refractivity contribution in [3.63, 3.8) is 0 Å². The summed E-state index contributed by atoms with van der Waals surface area (Å²) in [7, 11) is -9.80. The van der Waals surface area contributed by atoms with Crippen molar-refractivity contribution >= 4 is 33.6 Å². The fourth-order valence-corrected chi connectivity index (χ4v) is 13.0. The first-order chi connectivity index (χ1) is 52.2. The second-order valence-corrected chi connectivity index (χ2v) is 31.2. The highest BCUT2D eigenvalue weighted by Crippen LogP contribution is 2.45. The Morgan fingerprint density at radius 3 is 0.813 bits per heavy atom. The van der Waals surface area contributed by atoms with Crippen molar-refractivity contribution in [3.05, 3.63) is 134 Å². The van der Waals surface area contributed by atoms with E-state index in [1.807, 2.05) is 0 Å². The van der Waals surface area contributed by atoms with E-state index in [4.69, 9.17) is 32.3 Å². The van der Waals surface area contributed by atoms with E-state index in [0.29, 0.717) is 19.3 Å². The van der Waals surface area contributed by atoms with Gasteiger partial charge in [-0.15, -0.1) is 0 Å². The molecular formula is C89H154O16P2. The molecule has 5 unspecified atom stereocenters. The third kappa shape index (κ3) is 82.5. The van der Waals surface area contributed by atoms with Gasteiger partial charge in [-0.3, -0.25) is 32.5 Å². The number of ether oxygens (including phenoxy) is 3. The van der Waals surface area contributed by atoms with Gasteiger partial charge < -0.3 is 34.2 Å². The summed E-state index contributed by atoms with van der Waals surface area (Å²) in [6.07, 6.45) is 99.4. The molecule has 0 saturated heterocycles. The summed E-state index contributed by atoms with van der Waals surface area (Å²) in [5.74, 6) is -1.60. The van der Waals surface area contributed by atoms with E-state index in [9.17, 15) is 43.5 Å². The maximum atomic E-state index is 13.0. The summed E-state index contributed by atoms with van der Waals surface area (Å²) in [6, 6.07) is 0. The van der Waals surface area contributed by atoms with Crippen molar-refractivity contribution in [2.45, 2.75) is 373 Å². The molecule has 0 heterocycles. The van der Waals surface area contributed by atoms with Gasteiger partial charge in [0.25, 0.3) is 0 Å². The van der Waals surface area contributed by atoms with Gasteiger partial charge in [-0.05, 0) is 141 Å². The standard InChI is InChI=1S/C89H154O16P2/c1-4-7-10-13-16-19-22-25-28-30-32-34-35-36-37-38-39-40-41-42-43-44-45-46-47-49-51-52-55-57-60-63-66-69-72-75-87(92)99-78-84(90)79-101-106(95,96)102-80-85(91)81-103-107(97,98)104-83-86(105-89(94)77-74-71-68-65-62-59-54-27-24-21-18-15-12-9-6-3)82-100-88(93)76-73-70-67-64-61-58-56-53-50-48-33-31-29-26-23-20-17-14-11-8-5-2/h7,10,16-17,19-20,25-29,32-34,36-37,39-40,48,53-54,56,84-86,90-91H,4-6,8-9,11-15,18,21-24,30-31,35,38,41-47,49-52,55,57-83H2,1-3H3,(H,95,96)(H,97,98)/b10-7-,19-16-,20-17-,28-25-,29-26-,34-32-,37-36-,40-39-,48-33-,54-27-,56-53-. The molecular weight excluding hydrogens is 1390 g/mol. The van der Waals surface area contributed by atoms with Gasteiger partial charge in [-0.1, -0.05) is 328 Å². The van der Waals surface area contributed by atoms with Crippen LogP contribution in [0.15, 0.2) is 134 Å². The number of rotatable bonds is 80. The minimum Gasteiger partial charge on any atom is -0.463 e. The van der Waals surface area contributed by atoms with Crippen LogP contribution in [0.5, 0.6) is 0 Å². The first kappa shape index (κ1) is 103. The molecule has 16 nitrogen and oxygen atoms in total. The molecule has 0 aliphatic rings. The molecule has 0 aliphatic heterocycles. The number of esters is 3. The van der Waals surface area contributed by atoms with Gasteiger partial charge in [0.1, 0.15) is 25.4 Å². The van der Waals surface area contributed by atoms with E-state index >= 15 is 0 Å². The molecule has 0 rings (SSSR count). The van der Waals surface area contributed by atoms with Crippen LogP contribution in [0, 0.1) is 0 Å². The van der Waals surface area contributed by atoms with Crippen molar-refractivity contribution < 1.29 is 75.8 Å². The van der Waals surface area contributed by atoms with Crippen LogP contribution in [0.1, 0.15) is 355 Å². The number of allylic oxidation sites excluding steroid dienone is 22. The number of unbranched alkanes of at least 4 members (excludes halogenated alkanes) is 35. The molecule has 0 aromatic carbocycles. The minimum absolute atomic E-state index is 0.0895. The SMILES string of the molecule is CC/C=C\C/C=C\C/C=C\C/C=C\C/C=C\C/C=C\CCCCCCCCCCCCCCCCCCC(=O)OCC(O)COP(=O)(O)OCC(O)COP(=O)(O)OCC(COC(=O)CCCCCCC/C=C\C/C=C\C/C=C\C/C=C\CCCCC)OC(=O)CCCCCCC/C=C\CCCCCCCC. The molecule has 0 fully saturated rings. The van der Waals surface area contributed by atoms with Crippen LogP contribution in [0.2, 0.25) is 0 Å². The fourth-order valence-electron chi connectivity index (χ4n) is 11.4. The highest BCUT2D eigenvalue weighted by molar-refractivity contribution is 7.47. The molecule has 0 aliphatic carbocycles. The van der Waals surface area contributed by atoms with Gasteiger partial charge in [0.15, 0.2) is 6.10 Å². The molecule has 0 saturated carbocycles. The Balaban J connectivity index is 4.44. The highest BCUT2D eigenvalue weighted by Gasteiger charge is 2.29. The normalized spacial score (nSPS) is 14.6. The van der Waals surface area contributed by atoms with Crippen LogP contribution in [0.3, 0.4) is 0 Å². The van der Waals surface area contributed by atoms with Gasteiger partial charge in [-0.2, -0.15) is 0 Å². The van der Waals surface area contributed by atoms with Gasteiger partial charge >= 0.3 is 33.6 Å². The first-order valence-electron chi connectivity index (χ1n) is 42.5. The zero-order valence-corrected chi connectivity index (χ0v) is 69.3. The van der Waals surface area contributed by atoms with Crippen LogP contribution in [0.4, 0.5) is 0 Å². The Morgan fingerprint density at radius 2 is 0.495 bits per heavy atom. The van der Waals surface area contributed by atoms with E-state index in [-0.39, 0.29) is 19.3 Å². The third-order valence-corrected chi connectivity index (χ3v) is 19.7. The van der Waals surface area contributed by atoms with Crippen LogP contribution in [-0.4, -0.2) is 95.9 Å². The van der Waals surface area contributed by atoms with Gasteiger partial charge in [0.05, 0.1) is 26.4 Å². The van der Waals surface area contributed by atoms with E-state index in [0.717, 1.165) is 148 Å². The molecule has 107 heavy (non-hydrogen) atoms. The molecule has 0 aromatic rings. The van der Waals surface area contributed by atoms with Crippen molar-refractivity contribution in [2.24, 2.45) is 0 Å². The Hall–Kier alpha value is -4.31. The van der Waals surface area contributed by atoms with Crippen LogP contribution >= 0.6 is 15.6 Å². The second kappa shape index (κ2) is 81.2. The molecule has 4 N–H and O–H groups in total. The lowest BCUT2D eigenvalue weighted by molar-refractivity contribution is -0.161. The van der Waals surface area contributed by atoms with E-state index < -0.39 is 91.5 Å². The Labute approximate surface area is 652 Å². The summed E-state index contributed by atoms with van der Waals surface area (Å²) >= 11 is 0. The summed E-state index contributed by atoms with van der Waals surface area (Å²) in [6.45, 7) is 2.53. The molecule has 0 radical (unpaired) electrons. The zero-order valence-electron chi connectivity index (χ0n) is 67.5. The summed E-state index contributed by atoms with van der Waals surface area (Å²) in [4.78, 5) is 58.7. The molecule has 0 amide bonds. The van der Waals surface area contributed by atoms with Crippen molar-refractivity contribution in [3.8, 4) is 0 Å². The number of aliphatic hydroxyl groups is 2. The maximum Gasteiger partial charge on any atom is 0.472 e. The molecule has 0 bridgehead atoms. The van der Waals surface area contributed by atoms with Gasteiger partial charge in [0.2, 0.25) is 0 Å². The number of hydrogen-bond donors (Lipinski definition) is 4. The van der Waals surface area contributed by atoms with Crippen molar-refractivity contribution in [1.29, 1.82) is 0 Å². The lowest BCUT2D eigenvalue weighted by atomic mass is 10.0. The number of phosphoric ester groups is 2. The minimum atomic E-state index is -4.94. The number of aliphatic hydroxyl groups excluding tert-OH is 2. The topological polar surface area (TPSA) is 231 Å². The fraction of sp³-hybridized carbons (Fsp3) is 0.719. The maximum absolute atomic E-state index is 13.0. The number of carbonyl (C=O) groups excluding carboxylic acids is 3. The summed E-state index contributed by atoms with van der Waals surface area (Å²) in [5.41, 5.74) is 0. The number of phosphoric acid groups is 2. The van der Waals surface area contributed by atoms with Crippen molar-refractivity contribution in [2.75, 3.05) is 39.6 Å². The van der Waals surface area contributed by atoms with E-state index in [1.54, 1.807) is 0 Å². The quantitative estimate of drug-likeness (QED) is 0.0146. The Kier molecular flexibility index (Phi) is 77.9. The average Bonchev–Trinajstić information content (AvgIpc) is 0.906. The largest absolute Gasteiger partial charge is 0.472 e. The van der Waals surface area contributed by atoms with Gasteiger partial charge in [-0.25, -0.2) is 9.13 Å². The first-order valence-corrected chi connectivity index (χ1v) is 45.5. The molecule has 5 atom stereocenters. The number of carbonyl (C=O) groups is 3. The second-order valence-electron chi connectivity index (χ2n) is 28.2. The van der Waals surface area contributed by atoms with E-state index in [1.165, 1.54) is 148 Å². The number of hydrogen-bond acceptors (Lipinski definition) is 14. The van der Waals surface area contributed by atoms with Gasteiger partial charge in [0, 0.05) is 19.3 Å². The van der Waals surface area contributed by atoms with E-state index in [2.05, 4.69) is 154 Å². The lowest BCUT2D eigenvalue weighted by Gasteiger charge is -2.21. The molecule has 0 aromatic heterocycles. The predicted molar refractivity (Wildman–Crippen MR) is 445 cm³/mol. The van der Waals surface area contributed by atoms with Crippen LogP contribution < -0.4 is 0 Å². The van der Waals surface area contributed by atoms with Crippen molar-refractivity contribution in [1.82, 2.24) is 0 Å². The summed E-state index contributed by atoms with van der Waals surface area (Å²) in [5, 5.41) is 20.7. The average molecular weight is 1540 g/mol. The molecule has 18 heteroatoms. The zero-order chi connectivity index (χ0) is 78.0. The third-order valence-electron chi connectivity index (χ3n) is 17.8. The Morgan fingerprint density at radius 1 is 0.271 bits per heavy atom. The monoisotopic (exact) mass is 1540 g/mol. The summed E-state index contributed by atoms with van der Waals surface area (Å²) < 4.78 is 61.2. The molecule has 0 spiro atoms. The predicted octanol–water partition coefficient (Wildman–Crippen LogP) is 25.4. The lowest BCUT2D eigenvalue weighted by Crippen LogP contribution is -2.30. The smallest absolute Gasteiger partial charge is 0.463 e. The highest BCUT2D eigenvalue weighted by atomic mass is 31.2. The molecule has 616 valence electrons. The van der Waals surface area contributed by atoms with Crippen LogP contribution in [0.25, 0.3) is 0 Å².